The lowest BCUT2D eigenvalue weighted by Crippen LogP contribution is -2.31. The van der Waals surface area contributed by atoms with E-state index >= 15 is 0 Å². The third-order valence-electron chi connectivity index (χ3n) is 3.70. The Morgan fingerprint density at radius 1 is 1.25 bits per heavy atom. The van der Waals surface area contributed by atoms with Crippen LogP contribution in [0.3, 0.4) is 0 Å². The Hall–Kier alpha value is -0.740. The Balaban J connectivity index is 2.79. The fraction of sp³-hybridized carbons (Fsp3) is 0.625. The SMILES string of the molecule is CCOc1c(Br)cc(CNC(C)C(C)CC)cc1OC. The largest absolute Gasteiger partial charge is 0.493 e. The summed E-state index contributed by atoms with van der Waals surface area (Å²) >= 11 is 3.56. The van der Waals surface area contributed by atoms with Crippen molar-refractivity contribution in [2.75, 3.05) is 13.7 Å². The highest BCUT2D eigenvalue weighted by atomic mass is 79.9. The third kappa shape index (κ3) is 4.67. The van der Waals surface area contributed by atoms with E-state index in [2.05, 4.69) is 48.1 Å². The van der Waals surface area contributed by atoms with Gasteiger partial charge >= 0.3 is 0 Å². The zero-order valence-corrected chi connectivity index (χ0v) is 14.7. The third-order valence-corrected chi connectivity index (χ3v) is 4.29. The van der Waals surface area contributed by atoms with E-state index in [9.17, 15) is 0 Å². The Morgan fingerprint density at radius 2 is 1.95 bits per heavy atom. The van der Waals surface area contributed by atoms with Crippen molar-refractivity contribution < 1.29 is 9.47 Å². The highest BCUT2D eigenvalue weighted by molar-refractivity contribution is 9.10. The lowest BCUT2D eigenvalue weighted by molar-refractivity contribution is 0.308. The molecule has 0 aliphatic heterocycles. The fourth-order valence-electron chi connectivity index (χ4n) is 1.99. The van der Waals surface area contributed by atoms with Gasteiger partial charge in [0.2, 0.25) is 0 Å². The maximum absolute atomic E-state index is 5.60. The second-order valence-corrected chi connectivity index (χ2v) is 5.95. The molecule has 2 unspecified atom stereocenters. The van der Waals surface area contributed by atoms with E-state index < -0.39 is 0 Å². The van der Waals surface area contributed by atoms with Gasteiger partial charge in [0, 0.05) is 12.6 Å². The number of methoxy groups -OCH3 is 1. The number of benzene rings is 1. The lowest BCUT2D eigenvalue weighted by Gasteiger charge is -2.20. The van der Waals surface area contributed by atoms with Crippen molar-refractivity contribution in [1.29, 1.82) is 0 Å². The molecule has 0 radical (unpaired) electrons. The van der Waals surface area contributed by atoms with E-state index in [-0.39, 0.29) is 0 Å². The molecular weight excluding hydrogens is 318 g/mol. The molecule has 0 aromatic heterocycles. The number of ether oxygens (including phenoxy) is 2. The summed E-state index contributed by atoms with van der Waals surface area (Å²) in [6, 6.07) is 4.62. The quantitative estimate of drug-likeness (QED) is 0.759. The normalized spacial score (nSPS) is 13.9. The lowest BCUT2D eigenvalue weighted by atomic mass is 10.0. The van der Waals surface area contributed by atoms with Gasteiger partial charge in [-0.2, -0.15) is 0 Å². The van der Waals surface area contributed by atoms with Crippen LogP contribution in [0.25, 0.3) is 0 Å². The summed E-state index contributed by atoms with van der Waals surface area (Å²) in [6.45, 7) is 10.1. The van der Waals surface area contributed by atoms with E-state index in [1.165, 1.54) is 12.0 Å². The highest BCUT2D eigenvalue weighted by Crippen LogP contribution is 2.36. The van der Waals surface area contributed by atoms with E-state index in [1.807, 2.05) is 13.0 Å². The first-order valence-corrected chi connectivity index (χ1v) is 8.05. The highest BCUT2D eigenvalue weighted by Gasteiger charge is 2.13. The molecule has 1 aromatic carbocycles. The molecule has 0 saturated heterocycles. The van der Waals surface area contributed by atoms with E-state index in [4.69, 9.17) is 9.47 Å². The van der Waals surface area contributed by atoms with E-state index in [0.29, 0.717) is 18.6 Å². The topological polar surface area (TPSA) is 30.5 Å². The summed E-state index contributed by atoms with van der Waals surface area (Å²) in [5.41, 5.74) is 1.19. The van der Waals surface area contributed by atoms with Crippen molar-refractivity contribution in [3.63, 3.8) is 0 Å². The molecule has 0 saturated carbocycles. The summed E-state index contributed by atoms with van der Waals surface area (Å²) in [6.07, 6.45) is 1.18. The molecule has 114 valence electrons. The van der Waals surface area contributed by atoms with Crippen molar-refractivity contribution in [2.45, 2.75) is 46.7 Å². The molecule has 2 atom stereocenters. The number of hydrogen-bond donors (Lipinski definition) is 1. The Labute approximate surface area is 131 Å². The van der Waals surface area contributed by atoms with Crippen molar-refractivity contribution in [3.8, 4) is 11.5 Å². The molecule has 1 rings (SSSR count). The molecule has 3 nitrogen and oxygen atoms in total. The second-order valence-electron chi connectivity index (χ2n) is 5.10. The smallest absolute Gasteiger partial charge is 0.175 e. The number of nitrogens with one attached hydrogen (secondary N) is 1. The van der Waals surface area contributed by atoms with Crippen LogP contribution in [0.5, 0.6) is 11.5 Å². The predicted octanol–water partition coefficient (Wildman–Crippen LogP) is 4.38. The van der Waals surface area contributed by atoms with Gasteiger partial charge in [-0.3, -0.25) is 0 Å². The van der Waals surface area contributed by atoms with Gasteiger partial charge in [0.25, 0.3) is 0 Å². The zero-order chi connectivity index (χ0) is 15.1. The monoisotopic (exact) mass is 343 g/mol. The van der Waals surface area contributed by atoms with Gasteiger partial charge in [-0.05, 0) is 53.4 Å². The molecule has 20 heavy (non-hydrogen) atoms. The molecule has 0 bridgehead atoms. The number of rotatable bonds is 8. The van der Waals surface area contributed by atoms with Gasteiger partial charge in [0.1, 0.15) is 0 Å². The molecule has 1 N–H and O–H groups in total. The molecule has 0 amide bonds. The number of hydrogen-bond acceptors (Lipinski definition) is 3. The minimum absolute atomic E-state index is 0.497. The summed E-state index contributed by atoms with van der Waals surface area (Å²) in [7, 11) is 1.67. The summed E-state index contributed by atoms with van der Waals surface area (Å²) in [5.74, 6) is 2.21. The molecule has 0 aliphatic rings. The summed E-state index contributed by atoms with van der Waals surface area (Å²) < 4.78 is 12.0. The van der Waals surface area contributed by atoms with Gasteiger partial charge < -0.3 is 14.8 Å². The molecule has 0 spiro atoms. The molecule has 0 heterocycles. The molecule has 0 aliphatic carbocycles. The first-order chi connectivity index (χ1) is 9.53. The van der Waals surface area contributed by atoms with Crippen molar-refractivity contribution in [1.82, 2.24) is 5.32 Å². The predicted molar refractivity (Wildman–Crippen MR) is 87.6 cm³/mol. The minimum atomic E-state index is 0.497. The van der Waals surface area contributed by atoms with E-state index in [0.717, 1.165) is 22.5 Å². The second kappa shape index (κ2) is 8.53. The van der Waals surface area contributed by atoms with Crippen LogP contribution < -0.4 is 14.8 Å². The van der Waals surface area contributed by atoms with Crippen LogP contribution in [0.15, 0.2) is 16.6 Å². The maximum Gasteiger partial charge on any atom is 0.175 e. The van der Waals surface area contributed by atoms with Crippen molar-refractivity contribution >= 4 is 15.9 Å². The van der Waals surface area contributed by atoms with Crippen LogP contribution in [-0.4, -0.2) is 19.8 Å². The van der Waals surface area contributed by atoms with Crippen LogP contribution in [-0.2, 0) is 6.54 Å². The average Bonchev–Trinajstić information content (AvgIpc) is 2.46. The van der Waals surface area contributed by atoms with Crippen LogP contribution in [0.2, 0.25) is 0 Å². The minimum Gasteiger partial charge on any atom is -0.493 e. The van der Waals surface area contributed by atoms with E-state index in [1.54, 1.807) is 7.11 Å². The maximum atomic E-state index is 5.60. The summed E-state index contributed by atoms with van der Waals surface area (Å²) in [4.78, 5) is 0. The molecule has 0 fully saturated rings. The Kier molecular flexibility index (Phi) is 7.38. The summed E-state index contributed by atoms with van der Waals surface area (Å²) in [5, 5.41) is 3.56. The fourth-order valence-corrected chi connectivity index (χ4v) is 2.60. The van der Waals surface area contributed by atoms with Gasteiger partial charge in [-0.1, -0.05) is 20.3 Å². The average molecular weight is 344 g/mol. The van der Waals surface area contributed by atoms with Crippen LogP contribution in [0.1, 0.15) is 39.7 Å². The first-order valence-electron chi connectivity index (χ1n) is 7.26. The molecular formula is C16H26BrNO2. The van der Waals surface area contributed by atoms with Crippen molar-refractivity contribution in [2.24, 2.45) is 5.92 Å². The molecule has 4 heteroatoms. The van der Waals surface area contributed by atoms with Crippen LogP contribution in [0.4, 0.5) is 0 Å². The zero-order valence-electron chi connectivity index (χ0n) is 13.1. The van der Waals surface area contributed by atoms with Crippen LogP contribution in [0, 0.1) is 5.92 Å². The van der Waals surface area contributed by atoms with Gasteiger partial charge in [0.05, 0.1) is 18.2 Å². The standard InChI is InChI=1S/C16H26BrNO2/c1-6-11(3)12(4)18-10-13-8-14(17)16(20-7-2)15(9-13)19-5/h8-9,11-12,18H,6-7,10H2,1-5H3. The van der Waals surface area contributed by atoms with Crippen molar-refractivity contribution in [3.05, 3.63) is 22.2 Å². The van der Waals surface area contributed by atoms with Gasteiger partial charge in [-0.25, -0.2) is 0 Å². The number of halogens is 1. The Morgan fingerprint density at radius 3 is 2.50 bits per heavy atom. The Bertz CT molecular complexity index is 423. The van der Waals surface area contributed by atoms with Gasteiger partial charge in [0.15, 0.2) is 11.5 Å². The molecule has 1 aromatic rings. The first kappa shape index (κ1) is 17.3. The van der Waals surface area contributed by atoms with Crippen LogP contribution >= 0.6 is 15.9 Å². The van der Waals surface area contributed by atoms with Gasteiger partial charge in [-0.15, -0.1) is 0 Å².